The first-order chi connectivity index (χ1) is 32.0. The van der Waals surface area contributed by atoms with Gasteiger partial charge in [-0.1, -0.05) is 220 Å². The topological polar surface area (TPSA) is 78.9 Å². The lowest BCUT2D eigenvalue weighted by Gasteiger charge is -2.18. The Morgan fingerprint density at radius 2 is 0.646 bits per heavy atom. The monoisotopic (exact) mass is 901 g/mol. The van der Waals surface area contributed by atoms with E-state index in [0.717, 1.165) is 122 Å². The highest BCUT2D eigenvalue weighted by Crippen LogP contribution is 2.14. The summed E-state index contributed by atoms with van der Waals surface area (Å²) in [4.78, 5) is 37.9. The lowest BCUT2D eigenvalue weighted by Crippen LogP contribution is -2.30. The largest absolute Gasteiger partial charge is 0.462 e. The summed E-state index contributed by atoms with van der Waals surface area (Å²) in [5.41, 5.74) is 0. The predicted molar refractivity (Wildman–Crippen MR) is 279 cm³/mol. The molecule has 0 bridgehead atoms. The van der Waals surface area contributed by atoms with Crippen LogP contribution in [0, 0.1) is 0 Å². The molecule has 0 radical (unpaired) electrons. The Kier molecular flexibility index (Phi) is 49.5. The van der Waals surface area contributed by atoms with Crippen molar-refractivity contribution < 1.29 is 28.6 Å². The molecule has 0 aliphatic heterocycles. The van der Waals surface area contributed by atoms with Gasteiger partial charge in [0.05, 0.1) is 0 Å². The smallest absolute Gasteiger partial charge is 0.306 e. The summed E-state index contributed by atoms with van der Waals surface area (Å²) >= 11 is 0. The number of esters is 3. The van der Waals surface area contributed by atoms with Crippen LogP contribution in [0.2, 0.25) is 0 Å². The Bertz CT molecular complexity index is 1360. The van der Waals surface area contributed by atoms with Gasteiger partial charge in [0.1, 0.15) is 13.2 Å². The van der Waals surface area contributed by atoms with Crippen LogP contribution in [0.5, 0.6) is 0 Å². The molecule has 0 saturated carbocycles. The summed E-state index contributed by atoms with van der Waals surface area (Å²) < 4.78 is 16.7. The zero-order valence-corrected chi connectivity index (χ0v) is 42.0. The number of hydrogen-bond donors (Lipinski definition) is 0. The van der Waals surface area contributed by atoms with Crippen molar-refractivity contribution in [3.05, 3.63) is 109 Å². The SMILES string of the molecule is CC/C=C\C/C=C\C/C=C\C/C=C\C/C=C\C/C=C\C/C=C\CCCC(=O)OCC(COC(=O)CCCCCCCCCCCCC)OC(=O)CCCCCCC/C=C\C/C=C\CCC. The number of allylic oxidation sites excluding steroid dienone is 18. The highest BCUT2D eigenvalue weighted by Gasteiger charge is 2.19. The van der Waals surface area contributed by atoms with Crippen LogP contribution >= 0.6 is 0 Å². The number of ether oxygens (including phenoxy) is 3. The fraction of sp³-hybridized carbons (Fsp3) is 0.644. The Labute approximate surface area is 400 Å². The first-order valence-electron chi connectivity index (χ1n) is 26.4. The Balaban J connectivity index is 4.46. The summed E-state index contributed by atoms with van der Waals surface area (Å²) in [5, 5.41) is 0. The summed E-state index contributed by atoms with van der Waals surface area (Å²) in [6.07, 6.45) is 70.8. The van der Waals surface area contributed by atoms with Crippen LogP contribution in [0.3, 0.4) is 0 Å². The third-order valence-corrected chi connectivity index (χ3v) is 10.7. The average Bonchev–Trinajstić information content (AvgIpc) is 3.30. The van der Waals surface area contributed by atoms with Gasteiger partial charge in [-0.15, -0.1) is 0 Å². The van der Waals surface area contributed by atoms with E-state index < -0.39 is 6.10 Å². The van der Waals surface area contributed by atoms with Crippen LogP contribution in [-0.4, -0.2) is 37.2 Å². The minimum atomic E-state index is -0.808. The van der Waals surface area contributed by atoms with Crippen LogP contribution in [0.15, 0.2) is 109 Å². The number of carbonyl (C=O) groups excluding carboxylic acids is 3. The molecule has 0 heterocycles. The van der Waals surface area contributed by atoms with Crippen LogP contribution in [0.4, 0.5) is 0 Å². The molecule has 0 aromatic carbocycles. The zero-order valence-electron chi connectivity index (χ0n) is 42.0. The molecule has 0 spiro atoms. The highest BCUT2D eigenvalue weighted by molar-refractivity contribution is 5.71. The lowest BCUT2D eigenvalue weighted by atomic mass is 10.1. The standard InChI is InChI=1S/C59H96O6/c1-4-7-10-13-16-19-22-24-25-26-27-28-29-30-31-32-33-35-37-40-43-46-49-52-58(61)64-55-56(54-63-57(60)51-48-45-42-39-36-21-18-15-12-9-6-3)65-59(62)53-50-47-44-41-38-34-23-20-17-14-11-8-5-2/h7,10-11,14,16,19-20,23-25,27-28,30-31,33,35,40,43,56H,4-6,8-9,12-13,15,17-18,21-22,26,29,32,34,36-39,41-42,44-55H2,1-3H3/b10-7-,14-11-,19-16-,23-20-,25-24-,28-27-,31-30-,35-33-,43-40-. The molecule has 0 aromatic rings. The molecule has 1 unspecified atom stereocenters. The Morgan fingerprint density at radius 1 is 0.323 bits per heavy atom. The number of rotatable bonds is 46. The Hall–Kier alpha value is -3.93. The van der Waals surface area contributed by atoms with Crippen molar-refractivity contribution in [2.24, 2.45) is 0 Å². The quantitative estimate of drug-likeness (QED) is 0.0262. The van der Waals surface area contributed by atoms with E-state index >= 15 is 0 Å². The number of unbranched alkanes of at least 4 members (excludes halogenated alkanes) is 17. The van der Waals surface area contributed by atoms with Gasteiger partial charge in [-0.25, -0.2) is 0 Å². The van der Waals surface area contributed by atoms with Crippen molar-refractivity contribution >= 4 is 17.9 Å². The second kappa shape index (κ2) is 52.7. The van der Waals surface area contributed by atoms with Gasteiger partial charge in [-0.2, -0.15) is 0 Å². The van der Waals surface area contributed by atoms with E-state index in [2.05, 4.69) is 130 Å². The normalized spacial score (nSPS) is 13.0. The van der Waals surface area contributed by atoms with Crippen molar-refractivity contribution in [1.82, 2.24) is 0 Å². The predicted octanol–water partition coefficient (Wildman–Crippen LogP) is 17.5. The molecular weight excluding hydrogens is 805 g/mol. The third kappa shape index (κ3) is 50.9. The van der Waals surface area contributed by atoms with Gasteiger partial charge < -0.3 is 14.2 Å². The van der Waals surface area contributed by atoms with E-state index in [-0.39, 0.29) is 37.5 Å². The molecular formula is C59H96O6. The highest BCUT2D eigenvalue weighted by atomic mass is 16.6. The molecule has 0 fully saturated rings. The minimum Gasteiger partial charge on any atom is -0.462 e. The molecule has 0 aliphatic carbocycles. The average molecular weight is 901 g/mol. The molecule has 1 atom stereocenters. The molecule has 0 amide bonds. The van der Waals surface area contributed by atoms with Gasteiger partial charge in [0.15, 0.2) is 6.10 Å². The fourth-order valence-electron chi connectivity index (χ4n) is 6.82. The number of hydrogen-bond acceptors (Lipinski definition) is 6. The van der Waals surface area contributed by atoms with E-state index in [1.807, 2.05) is 0 Å². The lowest BCUT2D eigenvalue weighted by molar-refractivity contribution is -0.167. The summed E-state index contributed by atoms with van der Waals surface area (Å²) in [7, 11) is 0. The van der Waals surface area contributed by atoms with Gasteiger partial charge in [0, 0.05) is 19.3 Å². The van der Waals surface area contributed by atoms with E-state index in [0.29, 0.717) is 19.3 Å². The van der Waals surface area contributed by atoms with Gasteiger partial charge in [-0.05, 0) is 96.3 Å². The third-order valence-electron chi connectivity index (χ3n) is 10.7. The van der Waals surface area contributed by atoms with Gasteiger partial charge >= 0.3 is 17.9 Å². The van der Waals surface area contributed by atoms with Crippen LogP contribution in [0.25, 0.3) is 0 Å². The second-order valence-electron chi connectivity index (χ2n) is 17.1. The molecule has 6 nitrogen and oxygen atoms in total. The summed E-state index contributed by atoms with van der Waals surface area (Å²) in [6, 6.07) is 0. The summed E-state index contributed by atoms with van der Waals surface area (Å²) in [5.74, 6) is -0.984. The first kappa shape index (κ1) is 61.1. The number of carbonyl (C=O) groups is 3. The molecule has 0 N–H and O–H groups in total. The van der Waals surface area contributed by atoms with Crippen LogP contribution < -0.4 is 0 Å². The molecule has 0 aliphatic rings. The first-order valence-corrected chi connectivity index (χ1v) is 26.4. The molecule has 0 aromatic heterocycles. The van der Waals surface area contributed by atoms with E-state index in [4.69, 9.17) is 14.2 Å². The van der Waals surface area contributed by atoms with E-state index in [9.17, 15) is 14.4 Å². The van der Waals surface area contributed by atoms with Crippen molar-refractivity contribution in [3.8, 4) is 0 Å². The minimum absolute atomic E-state index is 0.102. The van der Waals surface area contributed by atoms with Gasteiger partial charge in [0.25, 0.3) is 0 Å². The van der Waals surface area contributed by atoms with Crippen molar-refractivity contribution in [1.29, 1.82) is 0 Å². The van der Waals surface area contributed by atoms with Crippen molar-refractivity contribution in [2.45, 2.75) is 232 Å². The van der Waals surface area contributed by atoms with Crippen molar-refractivity contribution in [3.63, 3.8) is 0 Å². The maximum atomic E-state index is 12.8. The summed E-state index contributed by atoms with van der Waals surface area (Å²) in [6.45, 7) is 6.38. The zero-order chi connectivity index (χ0) is 47.2. The molecule has 0 rings (SSSR count). The van der Waals surface area contributed by atoms with E-state index in [1.165, 1.54) is 57.8 Å². The molecule has 368 valence electrons. The van der Waals surface area contributed by atoms with Crippen LogP contribution in [0.1, 0.15) is 226 Å². The van der Waals surface area contributed by atoms with Gasteiger partial charge in [0.2, 0.25) is 0 Å². The van der Waals surface area contributed by atoms with Crippen LogP contribution in [-0.2, 0) is 28.6 Å². The molecule has 6 heteroatoms. The molecule has 0 saturated heterocycles. The molecule has 65 heavy (non-hydrogen) atoms. The maximum absolute atomic E-state index is 12.8. The fourth-order valence-corrected chi connectivity index (χ4v) is 6.82. The van der Waals surface area contributed by atoms with E-state index in [1.54, 1.807) is 0 Å². The van der Waals surface area contributed by atoms with Crippen molar-refractivity contribution in [2.75, 3.05) is 13.2 Å². The Morgan fingerprint density at radius 3 is 1.06 bits per heavy atom. The second-order valence-corrected chi connectivity index (χ2v) is 17.1. The maximum Gasteiger partial charge on any atom is 0.306 e. The van der Waals surface area contributed by atoms with Gasteiger partial charge in [-0.3, -0.25) is 14.4 Å².